The zero-order chi connectivity index (χ0) is 13.1. The topological polar surface area (TPSA) is 26.3 Å². The molecule has 1 aromatic rings. The van der Waals surface area contributed by atoms with Crippen molar-refractivity contribution in [1.29, 1.82) is 0 Å². The molecule has 0 heterocycles. The van der Waals surface area contributed by atoms with Gasteiger partial charge in [-0.25, -0.2) is 0 Å². The highest BCUT2D eigenvalue weighted by molar-refractivity contribution is 5.98. The molecule has 0 N–H and O–H groups in total. The predicted octanol–water partition coefficient (Wildman–Crippen LogP) is 3.69. The Balaban J connectivity index is 2.78. The molecular weight excluding hydrogens is 212 g/mol. The van der Waals surface area contributed by atoms with Crippen LogP contribution in [-0.4, -0.2) is 18.5 Å². The fourth-order valence-electron chi connectivity index (χ4n) is 1.90. The van der Waals surface area contributed by atoms with Crippen molar-refractivity contribution in [3.63, 3.8) is 0 Å². The zero-order valence-electron chi connectivity index (χ0n) is 11.5. The highest BCUT2D eigenvalue weighted by Gasteiger charge is 2.20. The Morgan fingerprint density at radius 2 is 1.76 bits per heavy atom. The Labute approximate surface area is 104 Å². The molecule has 0 spiro atoms. The Morgan fingerprint density at radius 1 is 1.24 bits per heavy atom. The van der Waals surface area contributed by atoms with E-state index in [2.05, 4.69) is 0 Å². The van der Waals surface area contributed by atoms with E-state index >= 15 is 0 Å². The minimum atomic E-state index is -0.230. The normalized spacial score (nSPS) is 11.6. The molecule has 0 aliphatic rings. The van der Waals surface area contributed by atoms with Crippen molar-refractivity contribution in [2.75, 3.05) is 7.11 Å². The maximum Gasteiger partial charge on any atom is 0.163 e. The molecule has 0 aliphatic heterocycles. The van der Waals surface area contributed by atoms with Crippen molar-refractivity contribution in [3.8, 4) is 0 Å². The third-order valence-electron chi connectivity index (χ3n) is 3.27. The molecule has 0 saturated carbocycles. The third-order valence-corrected chi connectivity index (χ3v) is 3.27. The van der Waals surface area contributed by atoms with Crippen LogP contribution in [-0.2, 0) is 4.74 Å². The summed E-state index contributed by atoms with van der Waals surface area (Å²) in [6.07, 6.45) is 1.28. The van der Waals surface area contributed by atoms with Gasteiger partial charge in [0.2, 0.25) is 0 Å². The van der Waals surface area contributed by atoms with Crippen molar-refractivity contribution in [1.82, 2.24) is 0 Å². The van der Waals surface area contributed by atoms with E-state index in [0.29, 0.717) is 6.42 Å². The molecule has 0 radical (unpaired) electrons. The lowest BCUT2D eigenvalue weighted by Gasteiger charge is -2.22. The number of rotatable bonds is 5. The lowest BCUT2D eigenvalue weighted by molar-refractivity contribution is 0.0141. The minimum absolute atomic E-state index is 0.214. The molecule has 94 valence electrons. The number of methoxy groups -OCH3 is 1. The van der Waals surface area contributed by atoms with Crippen LogP contribution in [0, 0.1) is 13.8 Å². The van der Waals surface area contributed by atoms with Crippen molar-refractivity contribution in [2.24, 2.45) is 0 Å². The first-order valence-corrected chi connectivity index (χ1v) is 6.02. The number of hydrogen-bond donors (Lipinski definition) is 0. The Kier molecular flexibility index (Phi) is 4.47. The van der Waals surface area contributed by atoms with Gasteiger partial charge in [-0.05, 0) is 45.2 Å². The minimum Gasteiger partial charge on any atom is -0.379 e. The first kappa shape index (κ1) is 13.9. The van der Waals surface area contributed by atoms with Gasteiger partial charge in [0.05, 0.1) is 5.60 Å². The quantitative estimate of drug-likeness (QED) is 0.726. The van der Waals surface area contributed by atoms with E-state index in [4.69, 9.17) is 4.74 Å². The summed E-state index contributed by atoms with van der Waals surface area (Å²) in [6.45, 7) is 7.99. The van der Waals surface area contributed by atoms with E-state index in [1.807, 2.05) is 45.9 Å². The Bertz CT molecular complexity index is 385. The fraction of sp³-hybridized carbons (Fsp3) is 0.533. The third kappa shape index (κ3) is 3.67. The molecule has 1 rings (SSSR count). The predicted molar refractivity (Wildman–Crippen MR) is 70.6 cm³/mol. The number of carbonyl (C=O) groups is 1. The lowest BCUT2D eigenvalue weighted by atomic mass is 9.93. The van der Waals surface area contributed by atoms with E-state index < -0.39 is 0 Å². The summed E-state index contributed by atoms with van der Waals surface area (Å²) in [5, 5.41) is 0. The SMILES string of the molecule is COC(C)(C)CCC(=O)c1c(C)cccc1C. The fourth-order valence-corrected chi connectivity index (χ4v) is 1.90. The van der Waals surface area contributed by atoms with Gasteiger partial charge in [0.1, 0.15) is 0 Å². The molecule has 2 nitrogen and oxygen atoms in total. The number of carbonyl (C=O) groups excluding carboxylic acids is 1. The molecule has 0 aliphatic carbocycles. The Morgan fingerprint density at radius 3 is 2.24 bits per heavy atom. The van der Waals surface area contributed by atoms with Crippen LogP contribution in [0.15, 0.2) is 18.2 Å². The number of ketones is 1. The Hall–Kier alpha value is -1.15. The average Bonchev–Trinajstić information content (AvgIpc) is 2.26. The maximum absolute atomic E-state index is 12.2. The van der Waals surface area contributed by atoms with Crippen LogP contribution < -0.4 is 0 Å². The monoisotopic (exact) mass is 234 g/mol. The van der Waals surface area contributed by atoms with Crippen LogP contribution in [0.5, 0.6) is 0 Å². The van der Waals surface area contributed by atoms with Crippen LogP contribution in [0.3, 0.4) is 0 Å². The van der Waals surface area contributed by atoms with Gasteiger partial charge in [-0.3, -0.25) is 4.79 Å². The maximum atomic E-state index is 12.2. The molecule has 0 aromatic heterocycles. The van der Waals surface area contributed by atoms with E-state index in [9.17, 15) is 4.79 Å². The summed E-state index contributed by atoms with van der Waals surface area (Å²) in [5.41, 5.74) is 2.77. The van der Waals surface area contributed by atoms with Crippen LogP contribution in [0.4, 0.5) is 0 Å². The summed E-state index contributed by atoms with van der Waals surface area (Å²) in [6, 6.07) is 5.96. The number of hydrogen-bond acceptors (Lipinski definition) is 2. The van der Waals surface area contributed by atoms with E-state index in [1.165, 1.54) is 0 Å². The first-order chi connectivity index (χ1) is 7.87. The van der Waals surface area contributed by atoms with Gasteiger partial charge in [0.25, 0.3) is 0 Å². The molecule has 0 unspecified atom stereocenters. The van der Waals surface area contributed by atoms with Crippen LogP contribution in [0.25, 0.3) is 0 Å². The largest absolute Gasteiger partial charge is 0.379 e. The molecule has 0 atom stereocenters. The van der Waals surface area contributed by atoms with Gasteiger partial charge in [0, 0.05) is 19.1 Å². The molecule has 1 aromatic carbocycles. The number of benzene rings is 1. The summed E-state index contributed by atoms with van der Waals surface area (Å²) < 4.78 is 5.33. The summed E-state index contributed by atoms with van der Waals surface area (Å²) in [5.74, 6) is 0.214. The summed E-state index contributed by atoms with van der Waals surface area (Å²) >= 11 is 0. The van der Waals surface area contributed by atoms with Crippen LogP contribution >= 0.6 is 0 Å². The highest BCUT2D eigenvalue weighted by atomic mass is 16.5. The summed E-state index contributed by atoms with van der Waals surface area (Å²) in [7, 11) is 1.68. The smallest absolute Gasteiger partial charge is 0.163 e. The van der Waals surface area contributed by atoms with Crippen molar-refractivity contribution in [2.45, 2.75) is 46.1 Å². The number of Topliss-reactive ketones (excluding diaryl/α,β-unsaturated/α-hetero) is 1. The summed E-state index contributed by atoms with van der Waals surface area (Å²) in [4.78, 5) is 12.2. The van der Waals surface area contributed by atoms with E-state index in [-0.39, 0.29) is 11.4 Å². The van der Waals surface area contributed by atoms with Gasteiger partial charge in [0.15, 0.2) is 5.78 Å². The van der Waals surface area contributed by atoms with Crippen molar-refractivity contribution in [3.05, 3.63) is 34.9 Å². The zero-order valence-corrected chi connectivity index (χ0v) is 11.5. The molecule has 0 amide bonds. The van der Waals surface area contributed by atoms with E-state index in [1.54, 1.807) is 7.11 Å². The molecule has 2 heteroatoms. The highest BCUT2D eigenvalue weighted by Crippen LogP contribution is 2.20. The van der Waals surface area contributed by atoms with Gasteiger partial charge >= 0.3 is 0 Å². The standard InChI is InChI=1S/C15H22O2/c1-11-7-6-8-12(2)14(11)13(16)9-10-15(3,4)17-5/h6-8H,9-10H2,1-5H3. The van der Waals surface area contributed by atoms with Crippen LogP contribution in [0.2, 0.25) is 0 Å². The number of aryl methyl sites for hydroxylation is 2. The molecule has 17 heavy (non-hydrogen) atoms. The second kappa shape index (κ2) is 5.46. The molecule has 0 bridgehead atoms. The second-order valence-corrected chi connectivity index (χ2v) is 5.15. The van der Waals surface area contributed by atoms with Crippen molar-refractivity contribution >= 4 is 5.78 Å². The van der Waals surface area contributed by atoms with Crippen LogP contribution in [0.1, 0.15) is 48.2 Å². The van der Waals surface area contributed by atoms with E-state index in [0.717, 1.165) is 23.1 Å². The molecular formula is C15H22O2. The average molecular weight is 234 g/mol. The molecule has 0 fully saturated rings. The van der Waals surface area contributed by atoms with Gasteiger partial charge in [-0.15, -0.1) is 0 Å². The first-order valence-electron chi connectivity index (χ1n) is 6.02. The number of ether oxygens (including phenoxy) is 1. The van der Waals surface area contributed by atoms with Gasteiger partial charge < -0.3 is 4.74 Å². The lowest BCUT2D eigenvalue weighted by Crippen LogP contribution is -2.23. The van der Waals surface area contributed by atoms with Gasteiger partial charge in [-0.1, -0.05) is 18.2 Å². The molecule has 0 saturated heterocycles. The second-order valence-electron chi connectivity index (χ2n) is 5.15. The van der Waals surface area contributed by atoms with Crippen molar-refractivity contribution < 1.29 is 9.53 Å². The van der Waals surface area contributed by atoms with Gasteiger partial charge in [-0.2, -0.15) is 0 Å².